The van der Waals surface area contributed by atoms with Crippen LogP contribution in [-0.2, 0) is 20.7 Å². The SMILES string of the molecule is CCOC(=O)CC=Cc1cc(F)ccc1CC(=O)O. The summed E-state index contributed by atoms with van der Waals surface area (Å²) in [5.41, 5.74) is 0.945. The normalized spacial score (nSPS) is 10.6. The Hall–Kier alpha value is -2.17. The lowest BCUT2D eigenvalue weighted by atomic mass is 10.0. The van der Waals surface area contributed by atoms with E-state index in [-0.39, 0.29) is 18.8 Å². The first-order chi connectivity index (χ1) is 9.02. The Bertz CT molecular complexity index is 494. The fraction of sp³-hybridized carbons (Fsp3) is 0.286. The highest BCUT2D eigenvalue weighted by Crippen LogP contribution is 2.14. The van der Waals surface area contributed by atoms with Crippen molar-refractivity contribution in [1.82, 2.24) is 0 Å². The van der Waals surface area contributed by atoms with E-state index in [1.54, 1.807) is 6.92 Å². The second-order valence-electron chi connectivity index (χ2n) is 3.83. The first kappa shape index (κ1) is 14.9. The number of carboxylic acids is 1. The molecule has 0 aliphatic heterocycles. The summed E-state index contributed by atoms with van der Waals surface area (Å²) < 4.78 is 17.9. The van der Waals surface area contributed by atoms with Crippen molar-refractivity contribution < 1.29 is 23.8 Å². The zero-order valence-electron chi connectivity index (χ0n) is 10.6. The summed E-state index contributed by atoms with van der Waals surface area (Å²) in [6.45, 7) is 2.01. The molecule has 0 atom stereocenters. The molecule has 0 spiro atoms. The molecule has 1 N–H and O–H groups in total. The van der Waals surface area contributed by atoms with Crippen molar-refractivity contribution in [3.63, 3.8) is 0 Å². The minimum absolute atomic E-state index is 0.0663. The number of rotatable bonds is 6. The van der Waals surface area contributed by atoms with Gasteiger partial charge in [-0.2, -0.15) is 0 Å². The number of carbonyl (C=O) groups is 2. The van der Waals surface area contributed by atoms with Gasteiger partial charge < -0.3 is 9.84 Å². The summed E-state index contributed by atoms with van der Waals surface area (Å²) in [6, 6.07) is 3.87. The Morgan fingerprint density at radius 1 is 1.42 bits per heavy atom. The Balaban J connectivity index is 2.80. The minimum atomic E-state index is -0.994. The molecule has 0 saturated carbocycles. The summed E-state index contributed by atoms with van der Waals surface area (Å²) in [6.07, 6.45) is 2.92. The van der Waals surface area contributed by atoms with Gasteiger partial charge in [0.25, 0.3) is 0 Å². The zero-order valence-corrected chi connectivity index (χ0v) is 10.6. The maximum atomic E-state index is 13.1. The average Bonchev–Trinajstić information content (AvgIpc) is 2.32. The van der Waals surface area contributed by atoms with E-state index in [1.165, 1.54) is 30.4 Å². The number of halogens is 1. The Labute approximate surface area is 110 Å². The fourth-order valence-corrected chi connectivity index (χ4v) is 1.55. The number of benzene rings is 1. The van der Waals surface area contributed by atoms with Gasteiger partial charge in [0.1, 0.15) is 5.82 Å². The highest BCUT2D eigenvalue weighted by molar-refractivity contribution is 5.74. The van der Waals surface area contributed by atoms with Crippen LogP contribution in [0.4, 0.5) is 4.39 Å². The molecule has 19 heavy (non-hydrogen) atoms. The molecule has 5 heteroatoms. The molecule has 0 aromatic heterocycles. The lowest BCUT2D eigenvalue weighted by molar-refractivity contribution is -0.142. The van der Waals surface area contributed by atoms with Gasteiger partial charge in [0, 0.05) is 0 Å². The highest BCUT2D eigenvalue weighted by Gasteiger charge is 2.06. The van der Waals surface area contributed by atoms with Crippen molar-refractivity contribution in [2.75, 3.05) is 6.61 Å². The third-order valence-corrected chi connectivity index (χ3v) is 2.34. The second-order valence-corrected chi connectivity index (χ2v) is 3.83. The summed E-state index contributed by atoms with van der Waals surface area (Å²) in [7, 11) is 0. The molecule has 0 radical (unpaired) electrons. The molecule has 0 amide bonds. The van der Waals surface area contributed by atoms with Crippen molar-refractivity contribution in [3.8, 4) is 0 Å². The standard InChI is InChI=1S/C14H15FO4/c1-2-19-14(18)5-3-4-10-8-12(15)7-6-11(10)9-13(16)17/h3-4,6-8H,2,5,9H2,1H3,(H,16,17). The monoisotopic (exact) mass is 266 g/mol. The number of esters is 1. The first-order valence-electron chi connectivity index (χ1n) is 5.85. The van der Waals surface area contributed by atoms with Gasteiger partial charge in [-0.1, -0.05) is 18.2 Å². The van der Waals surface area contributed by atoms with Crippen LogP contribution in [0, 0.1) is 5.82 Å². The van der Waals surface area contributed by atoms with E-state index >= 15 is 0 Å². The number of aliphatic carboxylic acids is 1. The van der Waals surface area contributed by atoms with Gasteiger partial charge in [-0.05, 0) is 30.2 Å². The van der Waals surface area contributed by atoms with Crippen molar-refractivity contribution >= 4 is 18.0 Å². The Morgan fingerprint density at radius 3 is 2.79 bits per heavy atom. The summed E-state index contributed by atoms with van der Waals surface area (Å²) in [5, 5.41) is 8.75. The molecule has 0 aliphatic carbocycles. The van der Waals surface area contributed by atoms with Crippen LogP contribution in [-0.4, -0.2) is 23.7 Å². The number of ether oxygens (including phenoxy) is 1. The molecule has 1 aromatic rings. The van der Waals surface area contributed by atoms with Crippen LogP contribution in [0.5, 0.6) is 0 Å². The second kappa shape index (κ2) is 7.31. The molecule has 0 heterocycles. The van der Waals surface area contributed by atoms with Crippen LogP contribution in [0.3, 0.4) is 0 Å². The number of carboxylic acid groups (broad SMARTS) is 1. The molecule has 0 aliphatic rings. The molecule has 4 nitrogen and oxygen atoms in total. The third-order valence-electron chi connectivity index (χ3n) is 2.34. The molecule has 0 unspecified atom stereocenters. The highest BCUT2D eigenvalue weighted by atomic mass is 19.1. The number of carbonyl (C=O) groups excluding carboxylic acids is 1. The van der Waals surface area contributed by atoms with Crippen molar-refractivity contribution in [2.24, 2.45) is 0 Å². The average molecular weight is 266 g/mol. The van der Waals surface area contributed by atoms with Crippen molar-refractivity contribution in [1.29, 1.82) is 0 Å². The van der Waals surface area contributed by atoms with Gasteiger partial charge >= 0.3 is 11.9 Å². The van der Waals surface area contributed by atoms with Crippen LogP contribution < -0.4 is 0 Å². The molecular formula is C14H15FO4. The molecule has 0 saturated heterocycles. The van der Waals surface area contributed by atoms with E-state index < -0.39 is 11.8 Å². The lowest BCUT2D eigenvalue weighted by Gasteiger charge is -2.03. The van der Waals surface area contributed by atoms with E-state index in [1.807, 2.05) is 0 Å². The number of hydrogen-bond acceptors (Lipinski definition) is 3. The third kappa shape index (κ3) is 5.33. The lowest BCUT2D eigenvalue weighted by Crippen LogP contribution is -2.03. The van der Waals surface area contributed by atoms with Crippen LogP contribution in [0.25, 0.3) is 6.08 Å². The predicted octanol–water partition coefficient (Wildman–Crippen LogP) is 2.42. The van der Waals surface area contributed by atoms with Crippen LogP contribution in [0.2, 0.25) is 0 Å². The number of hydrogen-bond donors (Lipinski definition) is 1. The van der Waals surface area contributed by atoms with Gasteiger partial charge in [0.05, 0.1) is 19.4 Å². The van der Waals surface area contributed by atoms with E-state index in [9.17, 15) is 14.0 Å². The van der Waals surface area contributed by atoms with Gasteiger partial charge in [0.2, 0.25) is 0 Å². The molecular weight excluding hydrogens is 251 g/mol. The van der Waals surface area contributed by atoms with Crippen molar-refractivity contribution in [3.05, 3.63) is 41.2 Å². The van der Waals surface area contributed by atoms with E-state index in [2.05, 4.69) is 0 Å². The Morgan fingerprint density at radius 2 is 2.16 bits per heavy atom. The largest absolute Gasteiger partial charge is 0.481 e. The van der Waals surface area contributed by atoms with Gasteiger partial charge in [-0.15, -0.1) is 0 Å². The predicted molar refractivity (Wildman–Crippen MR) is 68.0 cm³/mol. The molecule has 0 bridgehead atoms. The maximum Gasteiger partial charge on any atom is 0.309 e. The molecule has 102 valence electrons. The summed E-state index contributed by atoms with van der Waals surface area (Å²) >= 11 is 0. The van der Waals surface area contributed by atoms with Crippen LogP contribution in [0.1, 0.15) is 24.5 Å². The zero-order chi connectivity index (χ0) is 14.3. The van der Waals surface area contributed by atoms with E-state index in [0.29, 0.717) is 17.7 Å². The smallest absolute Gasteiger partial charge is 0.309 e. The van der Waals surface area contributed by atoms with E-state index in [0.717, 1.165) is 0 Å². The van der Waals surface area contributed by atoms with Gasteiger partial charge in [0.15, 0.2) is 0 Å². The molecule has 0 fully saturated rings. The minimum Gasteiger partial charge on any atom is -0.481 e. The fourth-order valence-electron chi connectivity index (χ4n) is 1.55. The molecule has 1 aromatic carbocycles. The summed E-state index contributed by atoms with van der Waals surface area (Å²) in [4.78, 5) is 21.8. The van der Waals surface area contributed by atoms with E-state index in [4.69, 9.17) is 9.84 Å². The van der Waals surface area contributed by atoms with Gasteiger partial charge in [-0.25, -0.2) is 4.39 Å². The van der Waals surface area contributed by atoms with Crippen LogP contribution in [0.15, 0.2) is 24.3 Å². The molecule has 1 rings (SSSR count). The van der Waals surface area contributed by atoms with Crippen molar-refractivity contribution in [2.45, 2.75) is 19.8 Å². The van der Waals surface area contributed by atoms with Crippen LogP contribution >= 0.6 is 0 Å². The topological polar surface area (TPSA) is 63.6 Å². The summed E-state index contributed by atoms with van der Waals surface area (Å²) in [5.74, 6) is -1.83. The van der Waals surface area contributed by atoms with Gasteiger partial charge in [-0.3, -0.25) is 9.59 Å². The first-order valence-corrected chi connectivity index (χ1v) is 5.85. The quantitative estimate of drug-likeness (QED) is 0.803. The maximum absolute atomic E-state index is 13.1. The Kier molecular flexibility index (Phi) is 5.73.